The summed E-state index contributed by atoms with van der Waals surface area (Å²) in [6.07, 6.45) is 15.2. The van der Waals surface area contributed by atoms with Gasteiger partial charge < -0.3 is 0 Å². The summed E-state index contributed by atoms with van der Waals surface area (Å²) in [6.45, 7) is 12.5. The highest BCUT2D eigenvalue weighted by Crippen LogP contribution is 2.67. The first-order chi connectivity index (χ1) is 20.7. The summed E-state index contributed by atoms with van der Waals surface area (Å²) in [5.74, 6) is 4.19. The molecule has 3 fully saturated rings. The lowest BCUT2D eigenvalue weighted by Crippen LogP contribution is -2.53. The molecule has 1 N–H and O–H groups in total. The Morgan fingerprint density at radius 1 is 0.977 bits per heavy atom. The third kappa shape index (κ3) is 5.22. The molecule has 43 heavy (non-hydrogen) atoms. The highest BCUT2D eigenvalue weighted by Gasteiger charge is 2.60. The minimum atomic E-state index is 0.233. The number of fused-ring (bicyclic) bond motifs is 7. The average Bonchev–Trinajstić information content (AvgIpc) is 3.54. The molecule has 4 aliphatic rings. The third-order valence-corrected chi connectivity index (χ3v) is 13.5. The summed E-state index contributed by atoms with van der Waals surface area (Å²) < 4.78 is 0. The van der Waals surface area contributed by atoms with E-state index in [-0.39, 0.29) is 10.8 Å². The predicted molar refractivity (Wildman–Crippen MR) is 182 cm³/mol. The van der Waals surface area contributed by atoms with Gasteiger partial charge in [-0.05, 0) is 104 Å². The standard InChI is InChI=1S/C36H48ClN5S/c1-21(2)9-8-10-22(3)25-13-14-26-31-27(16-18-36(25,26)5)35(4)17-15-24(37)19-23(35)20-30(31)41-42-34-40-32-33(43-34)39-29-12-7-6-11-28(29)38-32/h6-7,11-12,20-22,24-27,31H,8-10,13-19H2,1-5H3,(H,38,40,42)/b41-30+. The zero-order valence-electron chi connectivity index (χ0n) is 26.6. The average molecular weight is 618 g/mol. The van der Waals surface area contributed by atoms with Gasteiger partial charge in [-0.25, -0.2) is 9.97 Å². The second kappa shape index (κ2) is 11.4. The number of hydrogen-bond acceptors (Lipinski definition) is 6. The molecule has 8 atom stereocenters. The van der Waals surface area contributed by atoms with Crippen LogP contribution in [0, 0.1) is 46.3 Å². The number of nitrogens with one attached hydrogen (secondary N) is 1. The summed E-state index contributed by atoms with van der Waals surface area (Å²) in [5.41, 5.74) is 9.26. The Balaban J connectivity index is 1.21. The first kappa shape index (κ1) is 29.6. The van der Waals surface area contributed by atoms with Crippen molar-refractivity contribution in [2.45, 2.75) is 104 Å². The minimum Gasteiger partial charge on any atom is -0.252 e. The number of allylic oxidation sites excluding steroid dienone is 2. The van der Waals surface area contributed by atoms with Crippen LogP contribution >= 0.6 is 22.9 Å². The van der Waals surface area contributed by atoms with Crippen LogP contribution in [0.1, 0.15) is 98.8 Å². The van der Waals surface area contributed by atoms with Crippen molar-refractivity contribution in [3.8, 4) is 0 Å². The van der Waals surface area contributed by atoms with Crippen molar-refractivity contribution in [1.82, 2.24) is 15.0 Å². The van der Waals surface area contributed by atoms with Crippen molar-refractivity contribution in [2.24, 2.45) is 51.4 Å². The van der Waals surface area contributed by atoms with Crippen LogP contribution in [0.2, 0.25) is 0 Å². The summed E-state index contributed by atoms with van der Waals surface area (Å²) in [6, 6.07) is 8.00. The van der Waals surface area contributed by atoms with Gasteiger partial charge in [0, 0.05) is 11.3 Å². The molecule has 7 rings (SSSR count). The molecule has 0 saturated heterocycles. The van der Waals surface area contributed by atoms with Crippen LogP contribution in [-0.4, -0.2) is 26.0 Å². The number of rotatable bonds is 7. The fourth-order valence-electron chi connectivity index (χ4n) is 10.00. The Morgan fingerprint density at radius 2 is 1.77 bits per heavy atom. The first-order valence-electron chi connectivity index (χ1n) is 16.9. The molecule has 2 heterocycles. The quantitative estimate of drug-likeness (QED) is 0.212. The van der Waals surface area contributed by atoms with E-state index in [1.54, 1.807) is 11.3 Å². The Labute approximate surface area is 266 Å². The van der Waals surface area contributed by atoms with Gasteiger partial charge in [-0.15, -0.1) is 11.6 Å². The van der Waals surface area contributed by atoms with Gasteiger partial charge in [0.15, 0.2) is 10.5 Å². The molecule has 0 amide bonds. The predicted octanol–water partition coefficient (Wildman–Crippen LogP) is 10.3. The number of anilines is 1. The van der Waals surface area contributed by atoms with Gasteiger partial charge >= 0.3 is 0 Å². The van der Waals surface area contributed by atoms with Crippen LogP contribution in [0.25, 0.3) is 21.5 Å². The lowest BCUT2D eigenvalue weighted by Gasteiger charge is -2.58. The highest BCUT2D eigenvalue weighted by molar-refractivity contribution is 7.21. The SMILES string of the molecule is CC(C)CCCC(C)C1CCC2C3/C(=N/Nc4nc5nc6ccccc6nc5s4)C=C4CC(Cl)CCC4(C)C3CCC12C. The van der Waals surface area contributed by atoms with Crippen LogP contribution in [0.3, 0.4) is 0 Å². The van der Waals surface area contributed by atoms with E-state index in [4.69, 9.17) is 31.7 Å². The summed E-state index contributed by atoms with van der Waals surface area (Å²) in [4.78, 5) is 15.2. The van der Waals surface area contributed by atoms with E-state index in [0.29, 0.717) is 28.8 Å². The number of aromatic nitrogens is 3. The minimum absolute atomic E-state index is 0.233. The summed E-state index contributed by atoms with van der Waals surface area (Å²) >= 11 is 8.33. The molecule has 5 nitrogen and oxygen atoms in total. The maximum Gasteiger partial charge on any atom is 0.207 e. The molecular formula is C36H48ClN5S. The van der Waals surface area contributed by atoms with Crippen molar-refractivity contribution in [3.05, 3.63) is 35.9 Å². The first-order valence-corrected chi connectivity index (χ1v) is 18.1. The van der Waals surface area contributed by atoms with E-state index in [1.165, 1.54) is 62.7 Å². The fourth-order valence-corrected chi connectivity index (χ4v) is 11.0. The Morgan fingerprint density at radius 3 is 2.56 bits per heavy atom. The molecule has 2 aromatic heterocycles. The number of para-hydroxylation sites is 2. The molecule has 230 valence electrons. The lowest BCUT2D eigenvalue weighted by molar-refractivity contribution is -0.0212. The van der Waals surface area contributed by atoms with E-state index < -0.39 is 0 Å². The van der Waals surface area contributed by atoms with Crippen molar-refractivity contribution in [1.29, 1.82) is 0 Å². The Kier molecular flexibility index (Phi) is 7.85. The number of hydrogen-bond donors (Lipinski definition) is 1. The van der Waals surface area contributed by atoms with Crippen molar-refractivity contribution < 1.29 is 0 Å². The van der Waals surface area contributed by atoms with Gasteiger partial charge in [-0.1, -0.05) is 82.9 Å². The number of benzene rings is 1. The highest BCUT2D eigenvalue weighted by atomic mass is 35.5. The number of alkyl halides is 1. The molecule has 1 aromatic carbocycles. The Bertz CT molecular complexity index is 1510. The molecule has 0 aliphatic heterocycles. The molecule has 0 bridgehead atoms. The zero-order valence-corrected chi connectivity index (χ0v) is 28.1. The molecule has 4 aliphatic carbocycles. The van der Waals surface area contributed by atoms with Gasteiger partial charge in [0.2, 0.25) is 5.13 Å². The number of halogens is 1. The normalized spacial score (nSPS) is 35.6. The lowest BCUT2D eigenvalue weighted by atomic mass is 9.46. The molecular weight excluding hydrogens is 570 g/mol. The van der Waals surface area contributed by atoms with Gasteiger partial charge in [0.05, 0.1) is 16.7 Å². The largest absolute Gasteiger partial charge is 0.252 e. The second-order valence-electron chi connectivity index (χ2n) is 15.2. The van der Waals surface area contributed by atoms with Crippen LogP contribution in [-0.2, 0) is 0 Å². The van der Waals surface area contributed by atoms with Gasteiger partial charge in [-0.3, -0.25) is 5.43 Å². The van der Waals surface area contributed by atoms with Gasteiger partial charge in [0.25, 0.3) is 0 Å². The topological polar surface area (TPSA) is 63.1 Å². The molecule has 8 unspecified atom stereocenters. The summed E-state index contributed by atoms with van der Waals surface area (Å²) in [5, 5.41) is 6.22. The molecule has 0 radical (unpaired) electrons. The van der Waals surface area contributed by atoms with Crippen LogP contribution < -0.4 is 5.43 Å². The van der Waals surface area contributed by atoms with Crippen LogP contribution in [0.5, 0.6) is 0 Å². The van der Waals surface area contributed by atoms with Gasteiger partial charge in [-0.2, -0.15) is 10.1 Å². The number of nitrogens with zero attached hydrogens (tertiary/aromatic N) is 4. The molecule has 3 aromatic rings. The van der Waals surface area contributed by atoms with Crippen molar-refractivity contribution in [3.63, 3.8) is 0 Å². The molecule has 7 heteroatoms. The maximum absolute atomic E-state index is 6.79. The van der Waals surface area contributed by atoms with Gasteiger partial charge in [0.1, 0.15) is 0 Å². The van der Waals surface area contributed by atoms with E-state index in [1.807, 2.05) is 24.3 Å². The monoisotopic (exact) mass is 617 g/mol. The van der Waals surface area contributed by atoms with E-state index in [0.717, 1.165) is 51.6 Å². The summed E-state index contributed by atoms with van der Waals surface area (Å²) in [7, 11) is 0. The van der Waals surface area contributed by atoms with E-state index in [2.05, 4.69) is 46.1 Å². The van der Waals surface area contributed by atoms with Crippen molar-refractivity contribution in [2.75, 3.05) is 5.43 Å². The van der Waals surface area contributed by atoms with E-state index >= 15 is 0 Å². The molecule has 0 spiro atoms. The number of hydrazone groups is 1. The van der Waals surface area contributed by atoms with Crippen LogP contribution in [0.4, 0.5) is 5.13 Å². The number of thiazole rings is 1. The fraction of sp³-hybridized carbons (Fsp3) is 0.667. The smallest absolute Gasteiger partial charge is 0.207 e. The zero-order chi connectivity index (χ0) is 29.9. The van der Waals surface area contributed by atoms with Crippen LogP contribution in [0.15, 0.2) is 41.0 Å². The third-order valence-electron chi connectivity index (χ3n) is 12.3. The Hall–Kier alpha value is -2.05. The van der Waals surface area contributed by atoms with Crippen molar-refractivity contribution >= 4 is 55.3 Å². The molecule has 3 saturated carbocycles. The maximum atomic E-state index is 6.79. The second-order valence-corrected chi connectivity index (χ2v) is 16.8. The van der Waals surface area contributed by atoms with E-state index in [9.17, 15) is 0 Å².